The van der Waals surface area contributed by atoms with E-state index in [1.807, 2.05) is 25.0 Å². The Morgan fingerprint density at radius 3 is 0.588 bits per heavy atom. The molecular formula is C46H50OP3Rh. The van der Waals surface area contributed by atoms with Crippen molar-refractivity contribution in [1.29, 1.82) is 0 Å². The summed E-state index contributed by atoms with van der Waals surface area (Å²) in [6, 6.07) is 64.2. The number of rotatable bonds is 12. The van der Waals surface area contributed by atoms with Gasteiger partial charge in [0.05, 0.1) is 0 Å². The van der Waals surface area contributed by atoms with Crippen molar-refractivity contribution in [1.82, 2.24) is 0 Å². The third-order valence-electron chi connectivity index (χ3n) is 7.34. The first kappa shape index (κ1) is 43.3. The normalized spacial score (nSPS) is 9.78. The molecule has 6 aromatic rings. The monoisotopic (exact) mass is 814 g/mol. The predicted octanol–water partition coefficient (Wildman–Crippen LogP) is 10.1. The summed E-state index contributed by atoms with van der Waals surface area (Å²) in [5.41, 5.74) is 0. The number of hydrogen-bond donors (Lipinski definition) is 0. The third kappa shape index (κ3) is 15.1. The second-order valence-corrected chi connectivity index (χ2v) is 17.5. The molecule has 51 heavy (non-hydrogen) atoms. The summed E-state index contributed by atoms with van der Waals surface area (Å²) in [5.74, 6) is 0. The maximum absolute atomic E-state index is 8.00. The van der Waals surface area contributed by atoms with Crippen LogP contribution in [-0.2, 0) is 24.3 Å². The van der Waals surface area contributed by atoms with E-state index in [4.69, 9.17) is 4.79 Å². The van der Waals surface area contributed by atoms with E-state index in [2.05, 4.69) is 202 Å². The molecule has 0 aromatic heterocycles. The zero-order valence-corrected chi connectivity index (χ0v) is 33.4. The van der Waals surface area contributed by atoms with Gasteiger partial charge < -0.3 is 9.07 Å². The van der Waals surface area contributed by atoms with Crippen molar-refractivity contribution in [2.45, 2.75) is 0 Å². The van der Waals surface area contributed by atoms with E-state index in [9.17, 15) is 0 Å². The summed E-state index contributed by atoms with van der Waals surface area (Å²) in [6.07, 6.45) is 9.19. The number of benzene rings is 6. The van der Waals surface area contributed by atoms with Crippen LogP contribution in [0.3, 0.4) is 0 Å². The van der Waals surface area contributed by atoms with E-state index in [0.29, 0.717) is 0 Å². The molecule has 0 radical (unpaired) electrons. The van der Waals surface area contributed by atoms with Gasteiger partial charge in [-0.25, -0.2) is 0 Å². The Bertz CT molecular complexity index is 1440. The third-order valence-corrected chi connectivity index (χ3v) is 14.7. The molecule has 6 rings (SSSR count). The first-order chi connectivity index (χ1) is 24.7. The van der Waals surface area contributed by atoms with Gasteiger partial charge in [0.15, 0.2) is 0 Å². The van der Waals surface area contributed by atoms with Gasteiger partial charge in [0.1, 0.15) is 6.79 Å². The summed E-state index contributed by atoms with van der Waals surface area (Å²) in [7, 11) is -0.807. The Hall–Kier alpha value is -3.88. The van der Waals surface area contributed by atoms with Gasteiger partial charge in [-0.05, 0) is 74.1 Å². The standard InChI is InChI=1S/3C15H15P.CH2O.Rh.3H/c3*1-2-13-16(14-9-5-3-6-10-14)15-11-7-4-8-12-15;1-2;;;;/h3*2-12H,1,13H2;1H2;;;;/q;;;;+3;3*-1. The Morgan fingerprint density at radius 2 is 0.471 bits per heavy atom. The number of allylic oxidation sites excluding steroid dienone is 3. The van der Waals surface area contributed by atoms with E-state index in [1.165, 1.54) is 31.8 Å². The first-order valence-electron chi connectivity index (χ1n) is 16.5. The fourth-order valence-electron chi connectivity index (χ4n) is 5.11. The number of carbonyl (C=O) groups excluding carboxylic acids is 1. The van der Waals surface area contributed by atoms with Crippen molar-refractivity contribution in [2.24, 2.45) is 0 Å². The second-order valence-electron chi connectivity index (χ2n) is 10.7. The van der Waals surface area contributed by atoms with Crippen molar-refractivity contribution in [3.05, 3.63) is 220 Å². The first-order valence-corrected chi connectivity index (χ1v) is 21.1. The largest absolute Gasteiger partial charge is 3.00 e. The predicted molar refractivity (Wildman–Crippen MR) is 233 cm³/mol. The summed E-state index contributed by atoms with van der Waals surface area (Å²) >= 11 is 0. The van der Waals surface area contributed by atoms with Crippen LogP contribution in [0.5, 0.6) is 0 Å². The molecule has 6 aromatic carbocycles. The van der Waals surface area contributed by atoms with E-state index in [1.54, 1.807) is 0 Å². The van der Waals surface area contributed by atoms with Crippen molar-refractivity contribution in [2.75, 3.05) is 18.5 Å². The van der Waals surface area contributed by atoms with E-state index >= 15 is 0 Å². The summed E-state index contributed by atoms with van der Waals surface area (Å²) < 4.78 is 0. The SMILES string of the molecule is C=CCP(c1ccccc1)c1ccccc1.C=CCP(c1ccccc1)c1ccccc1.C=CCP(c1ccccc1)c1ccccc1.C=O.[H-].[H-].[H-].[Rh+3]. The van der Waals surface area contributed by atoms with Gasteiger partial charge in [-0.15, -0.1) is 19.7 Å². The van der Waals surface area contributed by atoms with Crippen LogP contribution >= 0.6 is 23.8 Å². The van der Waals surface area contributed by atoms with Crippen LogP contribution in [0.4, 0.5) is 0 Å². The molecule has 0 aliphatic carbocycles. The van der Waals surface area contributed by atoms with Crippen molar-refractivity contribution >= 4 is 62.4 Å². The maximum Gasteiger partial charge on any atom is 3.00 e. The Labute approximate surface area is 327 Å². The molecule has 0 saturated carbocycles. The summed E-state index contributed by atoms with van der Waals surface area (Å²) in [6.45, 7) is 13.6. The number of carbonyl (C=O) groups is 1. The quantitative estimate of drug-likeness (QED) is 0.0684. The molecule has 0 aliphatic rings. The van der Waals surface area contributed by atoms with Gasteiger partial charge >= 0.3 is 19.5 Å². The van der Waals surface area contributed by atoms with Crippen LogP contribution in [0.15, 0.2) is 220 Å². The minimum absolute atomic E-state index is 0. The van der Waals surface area contributed by atoms with Crippen LogP contribution < -0.4 is 31.8 Å². The van der Waals surface area contributed by atoms with Gasteiger partial charge in [0.25, 0.3) is 0 Å². The van der Waals surface area contributed by atoms with E-state index in [0.717, 1.165) is 18.5 Å². The Morgan fingerprint density at radius 1 is 0.333 bits per heavy atom. The molecule has 0 saturated heterocycles. The van der Waals surface area contributed by atoms with Crippen LogP contribution in [0.1, 0.15) is 4.28 Å². The van der Waals surface area contributed by atoms with Gasteiger partial charge in [-0.3, -0.25) is 0 Å². The smallest absolute Gasteiger partial charge is 1.00 e. The van der Waals surface area contributed by atoms with Crippen molar-refractivity contribution < 1.29 is 28.6 Å². The van der Waals surface area contributed by atoms with E-state index in [-0.39, 0.29) is 47.5 Å². The molecule has 0 bridgehead atoms. The van der Waals surface area contributed by atoms with Crippen LogP contribution in [-0.4, -0.2) is 25.3 Å². The molecule has 5 heteroatoms. The van der Waals surface area contributed by atoms with Gasteiger partial charge in [-0.1, -0.05) is 200 Å². The van der Waals surface area contributed by atoms with Gasteiger partial charge in [0, 0.05) is 0 Å². The molecule has 1 nitrogen and oxygen atoms in total. The molecule has 0 spiro atoms. The fourth-order valence-corrected chi connectivity index (χ4v) is 11.2. The minimum atomic E-state index is -0.269. The minimum Gasteiger partial charge on any atom is -1.00 e. The zero-order valence-electron chi connectivity index (χ0n) is 32.1. The molecule has 0 amide bonds. The maximum atomic E-state index is 8.00. The Balaban J connectivity index is 0. The van der Waals surface area contributed by atoms with Gasteiger partial charge in [0.2, 0.25) is 0 Å². The summed E-state index contributed by atoms with van der Waals surface area (Å²) in [4.78, 5) is 8.00. The van der Waals surface area contributed by atoms with Crippen LogP contribution in [0.2, 0.25) is 0 Å². The van der Waals surface area contributed by atoms with Crippen molar-refractivity contribution in [3.63, 3.8) is 0 Å². The molecular weight excluding hydrogens is 764 g/mol. The van der Waals surface area contributed by atoms with Gasteiger partial charge in [-0.2, -0.15) is 0 Å². The molecule has 0 fully saturated rings. The molecule has 0 aliphatic heterocycles. The molecule has 0 heterocycles. The summed E-state index contributed by atoms with van der Waals surface area (Å²) in [5, 5.41) is 8.52. The van der Waals surface area contributed by atoms with E-state index < -0.39 is 0 Å². The molecule has 0 unspecified atom stereocenters. The Kier molecular flexibility index (Phi) is 22.8. The van der Waals surface area contributed by atoms with Crippen LogP contribution in [0.25, 0.3) is 0 Å². The fraction of sp³-hybridized carbons (Fsp3) is 0.0652. The van der Waals surface area contributed by atoms with Crippen LogP contribution in [0, 0.1) is 0 Å². The average Bonchev–Trinajstić information content (AvgIpc) is 3.21. The van der Waals surface area contributed by atoms with Crippen molar-refractivity contribution in [3.8, 4) is 0 Å². The molecule has 0 atom stereocenters. The molecule has 0 N–H and O–H groups in total. The topological polar surface area (TPSA) is 17.1 Å². The number of hydrogen-bond acceptors (Lipinski definition) is 1. The molecule has 264 valence electrons. The zero-order chi connectivity index (χ0) is 35.7. The second kappa shape index (κ2) is 26.9. The average molecular weight is 815 g/mol.